The zero-order chi connectivity index (χ0) is 12.9. The molecule has 0 saturated carbocycles. The Morgan fingerprint density at radius 1 is 1.17 bits per heavy atom. The quantitative estimate of drug-likeness (QED) is 0.819. The van der Waals surface area contributed by atoms with Crippen molar-refractivity contribution >= 4 is 5.91 Å². The van der Waals surface area contributed by atoms with Crippen molar-refractivity contribution in [1.82, 2.24) is 10.2 Å². The third kappa shape index (κ3) is 1.67. The number of nitrogens with zero attached hydrogens (tertiary/aromatic N) is 1. The lowest BCUT2D eigenvalue weighted by Crippen LogP contribution is -2.32. The zero-order valence-electron chi connectivity index (χ0n) is 11.2. The van der Waals surface area contributed by atoms with Gasteiger partial charge in [0, 0.05) is 31.7 Å². The largest absolute Gasteiger partial charge is 0.466 e. The number of fused-ring (bicyclic) bond motifs is 1. The van der Waals surface area contributed by atoms with Crippen LogP contribution in [0.4, 0.5) is 0 Å². The van der Waals surface area contributed by atoms with E-state index in [2.05, 4.69) is 5.32 Å². The van der Waals surface area contributed by atoms with Crippen molar-refractivity contribution in [3.05, 3.63) is 22.6 Å². The van der Waals surface area contributed by atoms with Crippen LogP contribution < -0.4 is 5.32 Å². The Balaban J connectivity index is 1.83. The van der Waals surface area contributed by atoms with Crippen LogP contribution >= 0.6 is 0 Å². The molecule has 4 nitrogen and oxygen atoms in total. The molecule has 2 aliphatic rings. The molecule has 0 bridgehead atoms. The van der Waals surface area contributed by atoms with E-state index in [0.29, 0.717) is 11.8 Å². The number of carbonyl (C=O) groups is 1. The molecule has 2 fully saturated rings. The number of hydrogen-bond acceptors (Lipinski definition) is 3. The van der Waals surface area contributed by atoms with Gasteiger partial charge in [0.1, 0.15) is 11.5 Å². The number of carbonyl (C=O) groups excluding carboxylic acids is 1. The summed E-state index contributed by atoms with van der Waals surface area (Å²) >= 11 is 0. The van der Waals surface area contributed by atoms with Crippen LogP contribution in [-0.4, -0.2) is 37.0 Å². The van der Waals surface area contributed by atoms with E-state index < -0.39 is 0 Å². The third-order valence-corrected chi connectivity index (χ3v) is 4.45. The Hall–Kier alpha value is -1.29. The molecule has 2 aliphatic heterocycles. The van der Waals surface area contributed by atoms with E-state index in [-0.39, 0.29) is 5.91 Å². The molecule has 1 amide bonds. The lowest BCUT2D eigenvalue weighted by atomic mass is 10.0. The van der Waals surface area contributed by atoms with Crippen molar-refractivity contribution < 1.29 is 9.21 Å². The summed E-state index contributed by atoms with van der Waals surface area (Å²) in [7, 11) is 0. The van der Waals surface area contributed by atoms with Gasteiger partial charge in [-0.05, 0) is 32.6 Å². The Morgan fingerprint density at radius 3 is 2.28 bits per heavy atom. The van der Waals surface area contributed by atoms with Gasteiger partial charge in [0.25, 0.3) is 5.91 Å². The Bertz CT molecular complexity index is 480. The van der Waals surface area contributed by atoms with Gasteiger partial charge in [-0.15, -0.1) is 0 Å². The van der Waals surface area contributed by atoms with Gasteiger partial charge >= 0.3 is 0 Å². The van der Waals surface area contributed by atoms with Crippen molar-refractivity contribution in [2.75, 3.05) is 26.2 Å². The van der Waals surface area contributed by atoms with Crippen LogP contribution in [0.5, 0.6) is 0 Å². The minimum atomic E-state index is 0.149. The lowest BCUT2D eigenvalue weighted by molar-refractivity contribution is 0.0779. The van der Waals surface area contributed by atoms with Crippen LogP contribution in [0.2, 0.25) is 0 Å². The van der Waals surface area contributed by atoms with Crippen molar-refractivity contribution in [3.63, 3.8) is 0 Å². The predicted octanol–water partition coefficient (Wildman–Crippen LogP) is 1.50. The standard InChI is InChI=1S/C14H20N2O2/c1-8-9(2)18-10(3)13(8)14(17)16-6-11-4-15-5-12(11)7-16/h11-12,15H,4-7H2,1-3H3/t11-,12+. The summed E-state index contributed by atoms with van der Waals surface area (Å²) in [6, 6.07) is 0. The molecule has 1 N–H and O–H groups in total. The van der Waals surface area contributed by atoms with Crippen LogP contribution in [0.3, 0.4) is 0 Å². The highest BCUT2D eigenvalue weighted by molar-refractivity contribution is 5.97. The molecule has 0 aromatic carbocycles. The maximum atomic E-state index is 12.6. The smallest absolute Gasteiger partial charge is 0.257 e. The first-order valence-electron chi connectivity index (χ1n) is 6.64. The fourth-order valence-corrected chi connectivity index (χ4v) is 3.29. The van der Waals surface area contributed by atoms with Crippen LogP contribution in [0.15, 0.2) is 4.42 Å². The highest BCUT2D eigenvalue weighted by Gasteiger charge is 2.39. The molecule has 0 spiro atoms. The highest BCUT2D eigenvalue weighted by atomic mass is 16.3. The maximum absolute atomic E-state index is 12.6. The summed E-state index contributed by atoms with van der Waals surface area (Å²) in [5.41, 5.74) is 1.77. The SMILES string of the molecule is Cc1oc(C)c(C(=O)N2C[C@H]3CNC[C@H]3C2)c1C. The van der Waals surface area contributed by atoms with Gasteiger partial charge in [0.2, 0.25) is 0 Å². The summed E-state index contributed by atoms with van der Waals surface area (Å²) in [4.78, 5) is 14.6. The van der Waals surface area contributed by atoms with Gasteiger partial charge < -0.3 is 14.6 Å². The first kappa shape index (κ1) is 11.8. The van der Waals surface area contributed by atoms with Gasteiger partial charge in [0.05, 0.1) is 5.56 Å². The van der Waals surface area contributed by atoms with Gasteiger partial charge in [-0.25, -0.2) is 0 Å². The fourth-order valence-electron chi connectivity index (χ4n) is 3.29. The molecule has 1 aromatic heterocycles. The average molecular weight is 248 g/mol. The van der Waals surface area contributed by atoms with Gasteiger partial charge in [-0.2, -0.15) is 0 Å². The average Bonchev–Trinajstić information content (AvgIpc) is 2.93. The summed E-state index contributed by atoms with van der Waals surface area (Å²) in [6.07, 6.45) is 0. The van der Waals surface area contributed by atoms with Crippen LogP contribution in [0, 0.1) is 32.6 Å². The number of hydrogen-bond donors (Lipinski definition) is 1. The minimum absolute atomic E-state index is 0.149. The van der Waals surface area contributed by atoms with E-state index >= 15 is 0 Å². The van der Waals surface area contributed by atoms with E-state index in [1.165, 1.54) is 0 Å². The van der Waals surface area contributed by atoms with E-state index in [0.717, 1.165) is 48.8 Å². The van der Waals surface area contributed by atoms with Crippen molar-refractivity contribution in [2.45, 2.75) is 20.8 Å². The van der Waals surface area contributed by atoms with Crippen molar-refractivity contribution in [2.24, 2.45) is 11.8 Å². The van der Waals surface area contributed by atoms with Crippen LogP contribution in [-0.2, 0) is 0 Å². The van der Waals surface area contributed by atoms with Crippen molar-refractivity contribution in [1.29, 1.82) is 0 Å². The molecule has 2 atom stereocenters. The second kappa shape index (κ2) is 4.12. The normalized spacial score (nSPS) is 26.7. The summed E-state index contributed by atoms with van der Waals surface area (Å²) in [5, 5.41) is 3.39. The third-order valence-electron chi connectivity index (χ3n) is 4.45. The van der Waals surface area contributed by atoms with Gasteiger partial charge in [0.15, 0.2) is 0 Å². The topological polar surface area (TPSA) is 45.5 Å². The lowest BCUT2D eigenvalue weighted by Gasteiger charge is -2.17. The van der Waals surface area contributed by atoms with Crippen LogP contribution in [0.1, 0.15) is 27.4 Å². The molecule has 4 heteroatoms. The number of furan rings is 1. The highest BCUT2D eigenvalue weighted by Crippen LogP contribution is 2.29. The molecule has 1 aromatic rings. The molecule has 3 heterocycles. The molecule has 0 aliphatic carbocycles. The Kier molecular flexibility index (Phi) is 2.70. The number of amides is 1. The monoisotopic (exact) mass is 248 g/mol. The molecular weight excluding hydrogens is 228 g/mol. The van der Waals surface area contributed by atoms with E-state index in [1.807, 2.05) is 25.7 Å². The predicted molar refractivity (Wildman–Crippen MR) is 68.7 cm³/mol. The van der Waals surface area contributed by atoms with Gasteiger partial charge in [-0.1, -0.05) is 0 Å². The Morgan fingerprint density at radius 2 is 1.78 bits per heavy atom. The molecular formula is C14H20N2O2. The molecule has 0 unspecified atom stereocenters. The minimum Gasteiger partial charge on any atom is -0.466 e. The fraction of sp³-hybridized carbons (Fsp3) is 0.643. The first-order valence-corrected chi connectivity index (χ1v) is 6.64. The van der Waals surface area contributed by atoms with E-state index in [1.54, 1.807) is 0 Å². The molecule has 18 heavy (non-hydrogen) atoms. The summed E-state index contributed by atoms with van der Waals surface area (Å²) in [6.45, 7) is 9.65. The second-order valence-corrected chi connectivity index (χ2v) is 5.60. The zero-order valence-corrected chi connectivity index (χ0v) is 11.2. The molecule has 3 rings (SSSR count). The van der Waals surface area contributed by atoms with Crippen LogP contribution in [0.25, 0.3) is 0 Å². The number of likely N-dealkylation sites (tertiary alicyclic amines) is 1. The number of aryl methyl sites for hydroxylation is 2. The number of nitrogens with one attached hydrogen (secondary N) is 1. The number of rotatable bonds is 1. The Labute approximate surface area is 107 Å². The maximum Gasteiger partial charge on any atom is 0.257 e. The van der Waals surface area contributed by atoms with E-state index in [4.69, 9.17) is 4.42 Å². The first-order chi connectivity index (χ1) is 8.58. The van der Waals surface area contributed by atoms with E-state index in [9.17, 15) is 4.79 Å². The molecule has 0 radical (unpaired) electrons. The summed E-state index contributed by atoms with van der Waals surface area (Å²) in [5.74, 6) is 3.04. The van der Waals surface area contributed by atoms with Gasteiger partial charge in [-0.3, -0.25) is 4.79 Å². The summed E-state index contributed by atoms with van der Waals surface area (Å²) < 4.78 is 5.56. The second-order valence-electron chi connectivity index (χ2n) is 5.60. The molecule has 98 valence electrons. The molecule has 2 saturated heterocycles. The van der Waals surface area contributed by atoms with Crippen molar-refractivity contribution in [3.8, 4) is 0 Å².